The summed E-state index contributed by atoms with van der Waals surface area (Å²) < 4.78 is 19.2. The Bertz CT molecular complexity index is 1920. The zero-order chi connectivity index (χ0) is 29.4. The van der Waals surface area contributed by atoms with Gasteiger partial charge in [0.2, 0.25) is 0 Å². The van der Waals surface area contributed by atoms with Gasteiger partial charge in [-0.2, -0.15) is 0 Å². The molecule has 0 amide bonds. The molecule has 0 saturated heterocycles. The third kappa shape index (κ3) is 5.27. The van der Waals surface area contributed by atoms with E-state index in [1.807, 2.05) is 6.07 Å². The number of benzene rings is 2. The highest BCUT2D eigenvalue weighted by Crippen LogP contribution is 2.35. The van der Waals surface area contributed by atoms with E-state index in [9.17, 15) is 19.7 Å². The minimum absolute atomic E-state index is 0.00457. The van der Waals surface area contributed by atoms with Gasteiger partial charge in [0.05, 0.1) is 45.0 Å². The van der Waals surface area contributed by atoms with E-state index in [2.05, 4.69) is 20.9 Å². The van der Waals surface area contributed by atoms with Crippen molar-refractivity contribution in [1.29, 1.82) is 0 Å². The Balaban J connectivity index is 1.62. The van der Waals surface area contributed by atoms with E-state index in [-0.39, 0.29) is 23.4 Å². The molecule has 0 bridgehead atoms. The maximum absolute atomic E-state index is 13.8. The van der Waals surface area contributed by atoms with E-state index >= 15 is 0 Å². The molecular formula is C29H24BrN3O7S. The van der Waals surface area contributed by atoms with Crippen LogP contribution in [0.3, 0.4) is 0 Å². The van der Waals surface area contributed by atoms with E-state index in [4.69, 9.17) is 13.9 Å². The second kappa shape index (κ2) is 11.3. The fraction of sp³-hybridized carbons (Fsp3) is 0.207. The van der Waals surface area contributed by atoms with Crippen molar-refractivity contribution in [2.24, 2.45) is 4.99 Å². The van der Waals surface area contributed by atoms with Crippen LogP contribution in [0.25, 0.3) is 17.4 Å². The summed E-state index contributed by atoms with van der Waals surface area (Å²) in [6.45, 7) is 5.38. The summed E-state index contributed by atoms with van der Waals surface area (Å²) in [5.74, 6) is 0.997. The highest BCUT2D eigenvalue weighted by molar-refractivity contribution is 9.10. The van der Waals surface area contributed by atoms with Gasteiger partial charge in [-0.1, -0.05) is 17.4 Å². The molecule has 1 atom stereocenters. The summed E-state index contributed by atoms with van der Waals surface area (Å²) in [6, 6.07) is 12.6. The molecule has 2 aromatic carbocycles. The van der Waals surface area contributed by atoms with Gasteiger partial charge >= 0.3 is 5.97 Å². The summed E-state index contributed by atoms with van der Waals surface area (Å²) in [5.41, 5.74) is 2.46. The number of hydrogen-bond acceptors (Lipinski definition) is 9. The number of esters is 1. The molecule has 1 aliphatic rings. The number of nitro benzene ring substituents is 1. The van der Waals surface area contributed by atoms with Crippen LogP contribution in [-0.2, 0) is 9.53 Å². The molecular weight excluding hydrogens is 614 g/mol. The number of hydrogen-bond donors (Lipinski definition) is 0. The molecule has 210 valence electrons. The fourth-order valence-corrected chi connectivity index (χ4v) is 6.29. The highest BCUT2D eigenvalue weighted by Gasteiger charge is 2.33. The number of allylic oxidation sites excluding steroid dienone is 1. The predicted octanol–water partition coefficient (Wildman–Crippen LogP) is 5.05. The predicted molar refractivity (Wildman–Crippen MR) is 157 cm³/mol. The second-order valence-electron chi connectivity index (χ2n) is 9.15. The first-order valence-corrected chi connectivity index (χ1v) is 14.1. The van der Waals surface area contributed by atoms with E-state index in [0.29, 0.717) is 53.5 Å². The number of fused-ring (bicyclic) bond motifs is 1. The van der Waals surface area contributed by atoms with Crippen LogP contribution in [0.1, 0.15) is 36.8 Å². The van der Waals surface area contributed by atoms with Crippen LogP contribution >= 0.6 is 27.3 Å². The zero-order valence-electron chi connectivity index (χ0n) is 22.5. The smallest absolute Gasteiger partial charge is 0.338 e. The molecule has 0 N–H and O–H groups in total. The summed E-state index contributed by atoms with van der Waals surface area (Å²) in [4.78, 5) is 42.6. The lowest BCUT2D eigenvalue weighted by Crippen LogP contribution is -2.39. The number of methoxy groups -OCH3 is 1. The molecule has 0 unspecified atom stereocenters. The second-order valence-corrected chi connectivity index (χ2v) is 11.0. The first-order chi connectivity index (χ1) is 19.6. The Morgan fingerprint density at radius 2 is 2.00 bits per heavy atom. The number of carbonyl (C=O) groups is 1. The van der Waals surface area contributed by atoms with Crippen LogP contribution in [0.2, 0.25) is 0 Å². The van der Waals surface area contributed by atoms with Gasteiger partial charge in [0.25, 0.3) is 11.2 Å². The van der Waals surface area contributed by atoms with Crippen LogP contribution < -0.4 is 19.6 Å². The van der Waals surface area contributed by atoms with Gasteiger partial charge in [-0.15, -0.1) is 0 Å². The molecule has 0 aliphatic carbocycles. The molecule has 12 heteroatoms. The fourth-order valence-electron chi connectivity index (χ4n) is 4.70. The number of non-ortho nitro benzene ring substituents is 1. The summed E-state index contributed by atoms with van der Waals surface area (Å²) in [7, 11) is 1.56. The number of rotatable bonds is 7. The maximum atomic E-state index is 13.8. The van der Waals surface area contributed by atoms with Crippen molar-refractivity contribution >= 4 is 45.0 Å². The number of carbonyl (C=O) groups excluding carboxylic acids is 1. The van der Waals surface area contributed by atoms with Crippen molar-refractivity contribution < 1.29 is 23.6 Å². The Hall–Kier alpha value is -4.29. The summed E-state index contributed by atoms with van der Waals surface area (Å²) >= 11 is 4.69. The van der Waals surface area contributed by atoms with Gasteiger partial charge in [-0.3, -0.25) is 19.5 Å². The number of thiazole rings is 1. The van der Waals surface area contributed by atoms with Crippen LogP contribution in [0.15, 0.2) is 78.5 Å². The van der Waals surface area contributed by atoms with Crippen molar-refractivity contribution in [3.05, 3.63) is 111 Å². The van der Waals surface area contributed by atoms with Crippen molar-refractivity contribution in [3.63, 3.8) is 0 Å². The van der Waals surface area contributed by atoms with Crippen molar-refractivity contribution in [2.75, 3.05) is 13.7 Å². The topological polar surface area (TPSA) is 126 Å². The van der Waals surface area contributed by atoms with Crippen molar-refractivity contribution in [1.82, 2.24) is 4.57 Å². The molecule has 10 nitrogen and oxygen atoms in total. The summed E-state index contributed by atoms with van der Waals surface area (Å²) in [5, 5.41) is 11.1. The quantitative estimate of drug-likeness (QED) is 0.158. The number of halogens is 1. The molecule has 2 aromatic heterocycles. The first-order valence-electron chi connectivity index (χ1n) is 12.5. The van der Waals surface area contributed by atoms with Crippen LogP contribution in [0, 0.1) is 17.0 Å². The van der Waals surface area contributed by atoms with E-state index < -0.39 is 16.9 Å². The number of ether oxygens (including phenoxy) is 2. The SMILES string of the molecule is CCOC(=O)C1=C(C)N=c2s/c(=C/c3ccc(-c4ccc([N+](=O)[O-])cc4C)o3)c(=O)n2[C@H]1c1ccc(OC)c(Br)c1. The van der Waals surface area contributed by atoms with Gasteiger partial charge in [0.1, 0.15) is 17.3 Å². The van der Waals surface area contributed by atoms with Crippen LogP contribution in [0.5, 0.6) is 5.75 Å². The standard InChI is InChI=1S/C29H24BrN3O7S/c1-5-39-28(35)25-16(3)31-29-32(26(25)17-6-10-23(38-4)21(30)13-17)27(34)24(41-29)14-19-8-11-22(40-19)20-9-7-18(33(36)37)12-15(20)2/h6-14,26H,5H2,1-4H3/b24-14+/t26-/m0/s1. The Morgan fingerprint density at radius 3 is 2.66 bits per heavy atom. The number of furan rings is 1. The summed E-state index contributed by atoms with van der Waals surface area (Å²) in [6.07, 6.45) is 1.62. The molecule has 0 radical (unpaired) electrons. The van der Waals surface area contributed by atoms with Crippen LogP contribution in [-0.4, -0.2) is 29.2 Å². The number of aromatic nitrogens is 1. The van der Waals surface area contributed by atoms with E-state index in [1.54, 1.807) is 64.3 Å². The lowest BCUT2D eigenvalue weighted by molar-refractivity contribution is -0.384. The van der Waals surface area contributed by atoms with Gasteiger partial charge in [0.15, 0.2) is 4.80 Å². The molecule has 1 aliphatic heterocycles. The molecule has 5 rings (SSSR count). The van der Waals surface area contributed by atoms with Gasteiger partial charge in [-0.25, -0.2) is 9.79 Å². The average molecular weight is 638 g/mol. The molecule has 0 spiro atoms. The lowest BCUT2D eigenvalue weighted by atomic mass is 9.96. The Kier molecular flexibility index (Phi) is 7.78. The number of nitro groups is 1. The number of aryl methyl sites for hydroxylation is 1. The number of nitrogens with zero attached hydrogens (tertiary/aromatic N) is 3. The average Bonchev–Trinajstić information content (AvgIpc) is 3.51. The van der Waals surface area contributed by atoms with Crippen molar-refractivity contribution in [2.45, 2.75) is 26.8 Å². The van der Waals surface area contributed by atoms with Crippen molar-refractivity contribution in [3.8, 4) is 17.1 Å². The van der Waals surface area contributed by atoms with Crippen LogP contribution in [0.4, 0.5) is 5.69 Å². The third-order valence-corrected chi connectivity index (χ3v) is 8.20. The Labute approximate surface area is 246 Å². The third-order valence-electron chi connectivity index (χ3n) is 6.60. The highest BCUT2D eigenvalue weighted by atomic mass is 79.9. The largest absolute Gasteiger partial charge is 0.496 e. The minimum atomic E-state index is -0.774. The molecule has 41 heavy (non-hydrogen) atoms. The maximum Gasteiger partial charge on any atom is 0.338 e. The molecule has 4 aromatic rings. The van der Waals surface area contributed by atoms with Gasteiger partial charge < -0.3 is 13.9 Å². The minimum Gasteiger partial charge on any atom is -0.496 e. The zero-order valence-corrected chi connectivity index (χ0v) is 24.9. The first kappa shape index (κ1) is 28.2. The van der Waals surface area contributed by atoms with Gasteiger partial charge in [-0.05, 0) is 78.2 Å². The van der Waals surface area contributed by atoms with Gasteiger partial charge in [0, 0.05) is 23.8 Å². The van der Waals surface area contributed by atoms with E-state index in [1.165, 1.54) is 28.0 Å². The molecule has 0 saturated carbocycles. The normalized spacial score (nSPS) is 15.0. The monoisotopic (exact) mass is 637 g/mol. The Morgan fingerprint density at radius 1 is 1.22 bits per heavy atom. The molecule has 3 heterocycles. The van der Waals surface area contributed by atoms with E-state index in [0.717, 1.165) is 0 Å². The molecule has 0 fully saturated rings. The lowest BCUT2D eigenvalue weighted by Gasteiger charge is -2.25.